The summed E-state index contributed by atoms with van der Waals surface area (Å²) in [6.07, 6.45) is 0. The van der Waals surface area contributed by atoms with Crippen molar-refractivity contribution < 1.29 is 0 Å². The number of rotatable bonds is 8. The third-order valence-corrected chi connectivity index (χ3v) is 16.6. The predicted octanol–water partition coefficient (Wildman–Crippen LogP) is 16.6. The molecule has 0 saturated carbocycles. The van der Waals surface area contributed by atoms with Gasteiger partial charge in [-0.1, -0.05) is 164 Å². The van der Waals surface area contributed by atoms with E-state index in [-0.39, 0.29) is 0 Å². The lowest BCUT2D eigenvalue weighted by atomic mass is 9.92. The van der Waals surface area contributed by atoms with Gasteiger partial charge in [-0.25, -0.2) is 0 Å². The van der Waals surface area contributed by atoms with Crippen molar-refractivity contribution in [3.8, 4) is 33.6 Å². The second-order valence-electron chi connectivity index (χ2n) is 16.1. The van der Waals surface area contributed by atoms with Crippen LogP contribution in [0, 0.1) is 0 Å². The maximum Gasteiger partial charge on any atom is 0.0561 e. The summed E-state index contributed by atoms with van der Waals surface area (Å²) in [6.45, 7) is 0. The van der Waals surface area contributed by atoms with Crippen LogP contribution in [0.15, 0.2) is 274 Å². The maximum atomic E-state index is 2.46. The summed E-state index contributed by atoms with van der Waals surface area (Å²) >= 11 is 0. The highest BCUT2D eigenvalue weighted by molar-refractivity contribution is 8.34. The first-order valence-corrected chi connectivity index (χ1v) is 23.2. The molecule has 0 amide bonds. The first-order chi connectivity index (χ1) is 31.3. The molecule has 10 aromatic carbocycles. The molecule has 0 radical (unpaired) electrons. The van der Waals surface area contributed by atoms with Crippen molar-refractivity contribution in [1.82, 2.24) is 9.13 Å². The number of fused-ring (bicyclic) bond motifs is 6. The Balaban J connectivity index is 1.06. The van der Waals surface area contributed by atoms with Crippen LogP contribution in [0.1, 0.15) is 0 Å². The molecule has 0 fully saturated rings. The Hall–Kier alpha value is -7.85. The van der Waals surface area contributed by atoms with E-state index in [2.05, 4.69) is 264 Å². The summed E-state index contributed by atoms with van der Waals surface area (Å²) in [5, 5.41) is 4.97. The number of para-hydroxylation sites is 2. The van der Waals surface area contributed by atoms with Gasteiger partial charge in [-0.05, 0) is 113 Å². The van der Waals surface area contributed by atoms with Crippen molar-refractivity contribution in [2.24, 2.45) is 0 Å². The van der Waals surface area contributed by atoms with Gasteiger partial charge >= 0.3 is 0 Å². The van der Waals surface area contributed by atoms with Crippen LogP contribution in [0.2, 0.25) is 0 Å². The Kier molecular flexibility index (Phi) is 8.95. The Morgan fingerprint density at radius 2 is 0.683 bits per heavy atom. The lowest BCUT2D eigenvalue weighted by Crippen LogP contribution is -2.05. The van der Waals surface area contributed by atoms with Gasteiger partial charge in [0.2, 0.25) is 0 Å². The second-order valence-corrected chi connectivity index (χ2v) is 19.2. The molecule has 3 heteroatoms. The van der Waals surface area contributed by atoms with Gasteiger partial charge in [-0.15, -0.1) is 10.0 Å². The molecule has 0 aliphatic heterocycles. The van der Waals surface area contributed by atoms with E-state index >= 15 is 0 Å². The van der Waals surface area contributed by atoms with Crippen LogP contribution in [0.4, 0.5) is 0 Å². The summed E-state index contributed by atoms with van der Waals surface area (Å²) in [6, 6.07) is 93.7. The van der Waals surface area contributed by atoms with Gasteiger partial charge in [-0.3, -0.25) is 0 Å². The zero-order valence-corrected chi connectivity index (χ0v) is 35.4. The van der Waals surface area contributed by atoms with Crippen molar-refractivity contribution in [1.29, 1.82) is 0 Å². The quantitative estimate of drug-likeness (QED) is 0.144. The molecule has 0 atom stereocenters. The third-order valence-electron chi connectivity index (χ3n) is 12.7. The van der Waals surface area contributed by atoms with Crippen molar-refractivity contribution >= 4 is 53.6 Å². The standard InChI is InChI=1S/C60H42N2S/c1-5-20-43(21-6-1)50-28-13-14-29-51(50)54-32-19-35-58-60(54)55-31-16-18-34-57(55)62(58)45-38-41-53-52-30-15-17-33-56(52)61(59(53)42-45)44-36-39-49(40-37-44)63(46-22-7-2-8-23-46,47-24-9-3-10-25-47)48-26-11-4-12-27-48/h1-42H. The number of hydrogen-bond acceptors (Lipinski definition) is 0. The normalized spacial score (nSPS) is 12.1. The van der Waals surface area contributed by atoms with Gasteiger partial charge in [0.1, 0.15) is 0 Å². The van der Waals surface area contributed by atoms with Crippen LogP contribution >= 0.6 is 10.0 Å². The van der Waals surface area contributed by atoms with E-state index in [9.17, 15) is 0 Å². The number of aromatic nitrogens is 2. The van der Waals surface area contributed by atoms with Crippen molar-refractivity contribution in [2.75, 3.05) is 0 Å². The summed E-state index contributed by atoms with van der Waals surface area (Å²) in [5.41, 5.74) is 11.9. The number of hydrogen-bond donors (Lipinski definition) is 0. The fourth-order valence-electron chi connectivity index (χ4n) is 9.98. The molecule has 0 saturated heterocycles. The molecule has 0 unspecified atom stereocenters. The Bertz CT molecular complexity index is 3490. The lowest BCUT2D eigenvalue weighted by molar-refractivity contribution is 1.14. The zero-order chi connectivity index (χ0) is 41.7. The fraction of sp³-hybridized carbons (Fsp3) is 0. The van der Waals surface area contributed by atoms with Crippen molar-refractivity contribution in [3.05, 3.63) is 255 Å². The molecular formula is C60H42N2S. The predicted molar refractivity (Wildman–Crippen MR) is 266 cm³/mol. The average Bonchev–Trinajstić information content (AvgIpc) is 3.88. The largest absolute Gasteiger partial charge is 0.309 e. The molecule has 63 heavy (non-hydrogen) atoms. The van der Waals surface area contributed by atoms with Crippen LogP contribution < -0.4 is 0 Å². The topological polar surface area (TPSA) is 9.86 Å². The summed E-state index contributed by atoms with van der Waals surface area (Å²) in [5.74, 6) is 0. The van der Waals surface area contributed by atoms with Crippen LogP contribution in [-0.2, 0) is 0 Å². The number of benzene rings is 10. The van der Waals surface area contributed by atoms with Gasteiger partial charge in [-0.2, -0.15) is 0 Å². The minimum absolute atomic E-state index is 1.13. The SMILES string of the molecule is c1ccc(-c2ccccc2-c2cccc3c2c2ccccc2n3-c2ccc3c4ccccc4n(-c4ccc(S(c5ccccc5)(c5ccccc5)c5ccccc5)cc4)c3c2)cc1. The van der Waals surface area contributed by atoms with E-state index in [4.69, 9.17) is 0 Å². The van der Waals surface area contributed by atoms with Gasteiger partial charge < -0.3 is 9.13 Å². The molecule has 12 aromatic rings. The highest BCUT2D eigenvalue weighted by Crippen LogP contribution is 2.73. The zero-order valence-electron chi connectivity index (χ0n) is 34.6. The highest BCUT2D eigenvalue weighted by Gasteiger charge is 2.33. The van der Waals surface area contributed by atoms with E-state index in [1.807, 2.05) is 0 Å². The molecule has 2 nitrogen and oxygen atoms in total. The second kappa shape index (κ2) is 15.3. The minimum atomic E-state index is -1.81. The smallest absolute Gasteiger partial charge is 0.0561 e. The molecule has 0 aliphatic rings. The van der Waals surface area contributed by atoms with E-state index in [0.29, 0.717) is 0 Å². The van der Waals surface area contributed by atoms with Gasteiger partial charge in [0.05, 0.1) is 22.1 Å². The first kappa shape index (κ1) is 37.0. The minimum Gasteiger partial charge on any atom is -0.309 e. The highest BCUT2D eigenvalue weighted by atomic mass is 32.3. The fourth-order valence-corrected chi connectivity index (χ4v) is 13.8. The molecule has 0 aliphatic carbocycles. The van der Waals surface area contributed by atoms with Crippen LogP contribution in [0.25, 0.3) is 77.2 Å². The van der Waals surface area contributed by atoms with Gasteiger partial charge in [0.25, 0.3) is 0 Å². The number of nitrogens with zero attached hydrogens (tertiary/aromatic N) is 2. The third kappa shape index (κ3) is 5.89. The molecule has 0 bridgehead atoms. The Labute approximate surface area is 368 Å². The molecule has 2 heterocycles. The van der Waals surface area contributed by atoms with Crippen LogP contribution in [0.5, 0.6) is 0 Å². The summed E-state index contributed by atoms with van der Waals surface area (Å²) in [4.78, 5) is 5.24. The molecule has 298 valence electrons. The van der Waals surface area contributed by atoms with E-state index < -0.39 is 10.0 Å². The Morgan fingerprint density at radius 1 is 0.254 bits per heavy atom. The van der Waals surface area contributed by atoms with Gasteiger partial charge in [0, 0.05) is 52.5 Å². The molecule has 12 rings (SSSR count). The van der Waals surface area contributed by atoms with Crippen LogP contribution in [-0.4, -0.2) is 9.13 Å². The summed E-state index contributed by atoms with van der Waals surface area (Å²) < 4.78 is 4.92. The van der Waals surface area contributed by atoms with Crippen LogP contribution in [0.3, 0.4) is 0 Å². The maximum absolute atomic E-state index is 2.46. The Morgan fingerprint density at radius 3 is 1.32 bits per heavy atom. The average molecular weight is 823 g/mol. The van der Waals surface area contributed by atoms with Crippen molar-refractivity contribution in [2.45, 2.75) is 19.6 Å². The lowest BCUT2D eigenvalue weighted by Gasteiger charge is -2.42. The first-order valence-electron chi connectivity index (χ1n) is 21.6. The van der Waals surface area contributed by atoms with E-state index in [1.165, 1.54) is 85.4 Å². The van der Waals surface area contributed by atoms with Crippen molar-refractivity contribution in [3.63, 3.8) is 0 Å². The molecule has 0 spiro atoms. The summed E-state index contributed by atoms with van der Waals surface area (Å²) in [7, 11) is -1.81. The molecule has 0 N–H and O–H groups in total. The monoisotopic (exact) mass is 822 g/mol. The van der Waals surface area contributed by atoms with E-state index in [0.717, 1.165) is 11.4 Å². The molecular weight excluding hydrogens is 781 g/mol. The van der Waals surface area contributed by atoms with Gasteiger partial charge in [0.15, 0.2) is 0 Å². The van der Waals surface area contributed by atoms with E-state index in [1.54, 1.807) is 0 Å². The molecule has 2 aromatic heterocycles.